The van der Waals surface area contributed by atoms with Gasteiger partial charge in [-0.2, -0.15) is 0 Å². The lowest BCUT2D eigenvalue weighted by Crippen LogP contribution is -2.38. The summed E-state index contributed by atoms with van der Waals surface area (Å²) in [5.41, 5.74) is 4.62. The van der Waals surface area contributed by atoms with Crippen molar-refractivity contribution in [2.75, 3.05) is 13.1 Å². The molecule has 180 valence electrons. The van der Waals surface area contributed by atoms with Crippen LogP contribution in [0.25, 0.3) is 10.9 Å². The number of hydrogen-bond donors (Lipinski definition) is 2. The topological polar surface area (TPSA) is 78.1 Å². The number of H-pyrrole nitrogens is 1. The maximum Gasteiger partial charge on any atom is 0.271 e. The van der Waals surface area contributed by atoms with Gasteiger partial charge in [-0.15, -0.1) is 11.3 Å². The van der Waals surface area contributed by atoms with Crippen LogP contribution in [0.2, 0.25) is 5.02 Å². The van der Waals surface area contributed by atoms with E-state index in [0.717, 1.165) is 45.4 Å². The summed E-state index contributed by atoms with van der Waals surface area (Å²) >= 11 is 7.54. The third-order valence-corrected chi connectivity index (χ3v) is 7.95. The van der Waals surface area contributed by atoms with Crippen LogP contribution in [0, 0.1) is 6.92 Å². The van der Waals surface area contributed by atoms with Gasteiger partial charge in [0.25, 0.3) is 5.91 Å². The number of aromatic nitrogens is 2. The van der Waals surface area contributed by atoms with Gasteiger partial charge in [0.05, 0.1) is 11.4 Å². The minimum atomic E-state index is -0.173. The normalized spacial score (nSPS) is 14.4. The van der Waals surface area contributed by atoms with E-state index >= 15 is 0 Å². The highest BCUT2D eigenvalue weighted by Crippen LogP contribution is 2.31. The van der Waals surface area contributed by atoms with E-state index in [-0.39, 0.29) is 17.7 Å². The van der Waals surface area contributed by atoms with E-state index in [1.54, 1.807) is 0 Å². The second-order valence-corrected chi connectivity index (χ2v) is 10.3. The number of nitrogens with zero attached hydrogens (tertiary/aromatic N) is 2. The number of para-hydroxylation sites is 1. The Labute approximate surface area is 213 Å². The van der Waals surface area contributed by atoms with Crippen LogP contribution in [0.3, 0.4) is 0 Å². The Morgan fingerprint density at radius 3 is 2.77 bits per heavy atom. The molecule has 8 heteroatoms. The third kappa shape index (κ3) is 5.26. The van der Waals surface area contributed by atoms with Gasteiger partial charge in [-0.25, -0.2) is 4.98 Å². The molecule has 0 radical (unpaired) electrons. The molecule has 0 saturated carbocycles. The van der Waals surface area contributed by atoms with Gasteiger partial charge in [0, 0.05) is 53.1 Å². The number of fused-ring (bicyclic) bond motifs is 1. The molecule has 0 bridgehead atoms. The Morgan fingerprint density at radius 1 is 1.17 bits per heavy atom. The minimum absolute atomic E-state index is 0.157. The number of hydrogen-bond acceptors (Lipinski definition) is 4. The van der Waals surface area contributed by atoms with Gasteiger partial charge >= 0.3 is 0 Å². The molecule has 2 aromatic heterocycles. The van der Waals surface area contributed by atoms with Gasteiger partial charge in [0.1, 0.15) is 5.69 Å². The second kappa shape index (κ2) is 10.2. The summed E-state index contributed by atoms with van der Waals surface area (Å²) in [6, 6.07) is 13.7. The highest BCUT2D eigenvalue weighted by atomic mass is 35.5. The largest absolute Gasteiger partial charge is 0.361 e. The van der Waals surface area contributed by atoms with Crippen molar-refractivity contribution in [3.63, 3.8) is 0 Å². The standard InChI is InChI=1S/C27H27ClN4O2S/c1-17-12-21(28)7-6-19(17)14-30-26(34)24-16-35-27(31-24)18-8-10-32(11-9-18)25(33)13-20-15-29-23-5-3-2-4-22(20)23/h2-7,12,15-16,18,29H,8-11,13-14H2,1H3,(H,30,34). The summed E-state index contributed by atoms with van der Waals surface area (Å²) in [4.78, 5) is 35.4. The highest BCUT2D eigenvalue weighted by molar-refractivity contribution is 7.09. The first kappa shape index (κ1) is 23.6. The van der Waals surface area contributed by atoms with Gasteiger partial charge in [0.15, 0.2) is 0 Å². The zero-order valence-electron chi connectivity index (χ0n) is 19.5. The molecule has 1 saturated heterocycles. The van der Waals surface area contributed by atoms with Gasteiger partial charge in [-0.1, -0.05) is 35.9 Å². The molecule has 0 aliphatic carbocycles. The number of rotatable bonds is 6. The van der Waals surface area contributed by atoms with Gasteiger partial charge in [0.2, 0.25) is 5.91 Å². The Balaban J connectivity index is 1.14. The summed E-state index contributed by atoms with van der Waals surface area (Å²) in [6.07, 6.45) is 4.06. The van der Waals surface area contributed by atoms with Gasteiger partial charge in [-0.05, 0) is 54.7 Å². The van der Waals surface area contributed by atoms with Crippen LogP contribution >= 0.6 is 22.9 Å². The molecule has 2 N–H and O–H groups in total. The molecule has 5 rings (SSSR count). The molecule has 0 spiro atoms. The molecule has 2 aromatic carbocycles. The van der Waals surface area contributed by atoms with E-state index in [2.05, 4.69) is 15.3 Å². The number of nitrogens with one attached hydrogen (secondary N) is 2. The van der Waals surface area contributed by atoms with E-state index < -0.39 is 0 Å². The minimum Gasteiger partial charge on any atom is -0.361 e. The monoisotopic (exact) mass is 506 g/mol. The van der Waals surface area contributed by atoms with Crippen molar-refractivity contribution in [1.82, 2.24) is 20.2 Å². The number of thiazole rings is 1. The maximum atomic E-state index is 12.9. The molecule has 1 aliphatic heterocycles. The van der Waals surface area contributed by atoms with Crippen molar-refractivity contribution >= 4 is 45.7 Å². The zero-order valence-corrected chi connectivity index (χ0v) is 21.1. The summed E-state index contributed by atoms with van der Waals surface area (Å²) in [6.45, 7) is 3.84. The van der Waals surface area contributed by atoms with Crippen LogP contribution in [-0.2, 0) is 17.8 Å². The molecule has 2 amide bonds. The van der Waals surface area contributed by atoms with Crippen LogP contribution in [0.4, 0.5) is 0 Å². The average molecular weight is 507 g/mol. The number of aromatic amines is 1. The van der Waals surface area contributed by atoms with E-state index in [4.69, 9.17) is 11.6 Å². The molecule has 0 unspecified atom stereocenters. The number of carbonyl (C=O) groups is 2. The highest BCUT2D eigenvalue weighted by Gasteiger charge is 2.26. The van der Waals surface area contributed by atoms with Crippen molar-refractivity contribution in [2.45, 2.75) is 38.6 Å². The first-order chi connectivity index (χ1) is 17.0. The molecule has 0 atom stereocenters. The van der Waals surface area contributed by atoms with Crippen LogP contribution in [0.15, 0.2) is 54.0 Å². The second-order valence-electron chi connectivity index (χ2n) is 9.02. The summed E-state index contributed by atoms with van der Waals surface area (Å²) < 4.78 is 0. The van der Waals surface area contributed by atoms with Crippen molar-refractivity contribution in [3.05, 3.63) is 86.5 Å². The van der Waals surface area contributed by atoms with Crippen molar-refractivity contribution in [2.24, 2.45) is 0 Å². The number of piperidine rings is 1. The molecular weight excluding hydrogens is 480 g/mol. The first-order valence-corrected chi connectivity index (χ1v) is 13.0. The van der Waals surface area contributed by atoms with Gasteiger partial charge < -0.3 is 15.2 Å². The average Bonchev–Trinajstić information content (AvgIpc) is 3.52. The number of amides is 2. The Morgan fingerprint density at radius 2 is 1.97 bits per heavy atom. The van der Waals surface area contributed by atoms with Crippen LogP contribution in [-0.4, -0.2) is 39.8 Å². The fourth-order valence-corrected chi connectivity index (χ4v) is 5.83. The lowest BCUT2D eigenvalue weighted by molar-refractivity contribution is -0.131. The zero-order chi connectivity index (χ0) is 24.4. The molecule has 4 aromatic rings. The molecule has 1 aliphatic rings. The van der Waals surface area contributed by atoms with Crippen molar-refractivity contribution < 1.29 is 9.59 Å². The smallest absolute Gasteiger partial charge is 0.271 e. The number of benzene rings is 2. The van der Waals surface area contributed by atoms with E-state index in [0.29, 0.717) is 36.8 Å². The molecular formula is C27H27ClN4O2S. The molecule has 6 nitrogen and oxygen atoms in total. The van der Waals surface area contributed by atoms with Gasteiger partial charge in [-0.3, -0.25) is 9.59 Å². The lowest BCUT2D eigenvalue weighted by Gasteiger charge is -2.31. The fourth-order valence-electron chi connectivity index (χ4n) is 4.63. The molecule has 3 heterocycles. The number of likely N-dealkylation sites (tertiary alicyclic amines) is 1. The van der Waals surface area contributed by atoms with Crippen LogP contribution < -0.4 is 5.32 Å². The Hall–Kier alpha value is -3.16. The number of aryl methyl sites for hydroxylation is 1. The Bertz CT molecular complexity index is 1370. The van der Waals surface area contributed by atoms with Crippen molar-refractivity contribution in [3.8, 4) is 0 Å². The third-order valence-electron chi connectivity index (χ3n) is 6.71. The predicted molar refractivity (Wildman–Crippen MR) is 140 cm³/mol. The Kier molecular flexibility index (Phi) is 6.88. The van der Waals surface area contributed by atoms with Crippen LogP contribution in [0.1, 0.15) is 50.9 Å². The molecule has 1 fully saturated rings. The number of halogens is 1. The SMILES string of the molecule is Cc1cc(Cl)ccc1CNC(=O)c1csc(C2CCN(C(=O)Cc3c[nH]c4ccccc34)CC2)n1. The van der Waals surface area contributed by atoms with Crippen LogP contribution in [0.5, 0.6) is 0 Å². The lowest BCUT2D eigenvalue weighted by atomic mass is 9.97. The fraction of sp³-hybridized carbons (Fsp3) is 0.296. The van der Waals surface area contributed by atoms with Crippen molar-refractivity contribution in [1.29, 1.82) is 0 Å². The quantitative estimate of drug-likeness (QED) is 0.364. The van der Waals surface area contributed by atoms with E-state index in [1.807, 2.05) is 65.9 Å². The summed E-state index contributed by atoms with van der Waals surface area (Å²) in [5, 5.41) is 7.55. The van der Waals surface area contributed by atoms with E-state index in [1.165, 1.54) is 11.3 Å². The summed E-state index contributed by atoms with van der Waals surface area (Å²) in [7, 11) is 0. The van der Waals surface area contributed by atoms with E-state index in [9.17, 15) is 9.59 Å². The maximum absolute atomic E-state index is 12.9. The molecule has 35 heavy (non-hydrogen) atoms. The number of carbonyl (C=O) groups excluding carboxylic acids is 2. The predicted octanol–water partition coefficient (Wildman–Crippen LogP) is 5.46. The summed E-state index contributed by atoms with van der Waals surface area (Å²) in [5.74, 6) is 0.260. The first-order valence-electron chi connectivity index (χ1n) is 11.8.